The van der Waals surface area contributed by atoms with Crippen LogP contribution in [0.25, 0.3) is 11.4 Å². The Morgan fingerprint density at radius 3 is 2.57 bits per heavy atom. The molecule has 0 N–H and O–H groups in total. The lowest BCUT2D eigenvalue weighted by Crippen LogP contribution is -1.83. The zero-order valence-corrected chi connectivity index (χ0v) is 9.23. The molecule has 0 radical (unpaired) electrons. The highest BCUT2D eigenvalue weighted by molar-refractivity contribution is 9.09. The maximum atomic E-state index is 5.07. The number of hydrogen-bond donors (Lipinski definition) is 0. The molecule has 2 rings (SSSR count). The summed E-state index contributed by atoms with van der Waals surface area (Å²) in [6, 6.07) is 9.75. The number of alkyl halides is 1. The van der Waals surface area contributed by atoms with Gasteiger partial charge in [0.1, 0.15) is 0 Å². The first kappa shape index (κ1) is 9.40. The SMILES string of the molecule is CC(Br)c1nc(-c2ccccc2)no1. The van der Waals surface area contributed by atoms with E-state index in [0.717, 1.165) is 5.56 Å². The Kier molecular flexibility index (Phi) is 2.63. The van der Waals surface area contributed by atoms with E-state index < -0.39 is 0 Å². The molecular weight excluding hydrogens is 244 g/mol. The molecule has 0 saturated carbocycles. The van der Waals surface area contributed by atoms with Crippen molar-refractivity contribution in [2.45, 2.75) is 11.8 Å². The normalized spacial score (nSPS) is 12.7. The molecule has 2 aromatic rings. The van der Waals surface area contributed by atoms with Crippen LogP contribution in [0.4, 0.5) is 0 Å². The summed E-state index contributed by atoms with van der Waals surface area (Å²) in [5, 5.41) is 3.89. The van der Waals surface area contributed by atoms with Crippen molar-refractivity contribution >= 4 is 15.9 Å². The Hall–Kier alpha value is -1.16. The molecule has 1 atom stereocenters. The van der Waals surface area contributed by atoms with Crippen LogP contribution in [0.15, 0.2) is 34.9 Å². The van der Waals surface area contributed by atoms with Crippen molar-refractivity contribution in [1.29, 1.82) is 0 Å². The summed E-state index contributed by atoms with van der Waals surface area (Å²) in [6.07, 6.45) is 0. The summed E-state index contributed by atoms with van der Waals surface area (Å²) < 4.78 is 5.07. The van der Waals surface area contributed by atoms with E-state index in [4.69, 9.17) is 4.52 Å². The molecule has 1 aromatic heterocycles. The van der Waals surface area contributed by atoms with Crippen LogP contribution in [0.3, 0.4) is 0 Å². The molecule has 0 aliphatic rings. The quantitative estimate of drug-likeness (QED) is 0.771. The van der Waals surface area contributed by atoms with Crippen LogP contribution in [0.1, 0.15) is 17.6 Å². The summed E-state index contributed by atoms with van der Waals surface area (Å²) in [7, 11) is 0. The number of rotatable bonds is 2. The molecule has 4 heteroatoms. The molecule has 0 aliphatic heterocycles. The smallest absolute Gasteiger partial charge is 0.240 e. The average molecular weight is 253 g/mol. The van der Waals surface area contributed by atoms with E-state index in [-0.39, 0.29) is 4.83 Å². The van der Waals surface area contributed by atoms with Crippen molar-refractivity contribution in [3.8, 4) is 11.4 Å². The Labute approximate surface area is 90.3 Å². The molecule has 0 saturated heterocycles. The van der Waals surface area contributed by atoms with E-state index in [2.05, 4.69) is 26.1 Å². The van der Waals surface area contributed by atoms with E-state index in [1.165, 1.54) is 0 Å². The number of halogens is 1. The van der Waals surface area contributed by atoms with Gasteiger partial charge >= 0.3 is 0 Å². The van der Waals surface area contributed by atoms with Gasteiger partial charge in [-0.3, -0.25) is 0 Å². The third-order valence-corrected chi connectivity index (χ3v) is 2.21. The lowest BCUT2D eigenvalue weighted by molar-refractivity contribution is 0.382. The molecule has 0 aliphatic carbocycles. The maximum absolute atomic E-state index is 5.07. The third kappa shape index (κ3) is 1.85. The molecule has 0 fully saturated rings. The zero-order chi connectivity index (χ0) is 9.97. The minimum Gasteiger partial charge on any atom is -0.338 e. The van der Waals surface area contributed by atoms with E-state index in [1.807, 2.05) is 37.3 Å². The molecule has 1 unspecified atom stereocenters. The third-order valence-electron chi connectivity index (χ3n) is 1.81. The summed E-state index contributed by atoms with van der Waals surface area (Å²) in [5.41, 5.74) is 0.968. The summed E-state index contributed by atoms with van der Waals surface area (Å²) in [6.45, 7) is 1.95. The number of hydrogen-bond acceptors (Lipinski definition) is 3. The topological polar surface area (TPSA) is 38.9 Å². The number of nitrogens with zero attached hydrogens (tertiary/aromatic N) is 2. The van der Waals surface area contributed by atoms with Gasteiger partial charge in [-0.15, -0.1) is 0 Å². The molecular formula is C10H9BrN2O. The van der Waals surface area contributed by atoms with Crippen molar-refractivity contribution in [3.05, 3.63) is 36.2 Å². The zero-order valence-electron chi connectivity index (χ0n) is 7.64. The van der Waals surface area contributed by atoms with Crippen LogP contribution in [0, 0.1) is 0 Å². The second-order valence-electron chi connectivity index (χ2n) is 2.94. The summed E-state index contributed by atoms with van der Waals surface area (Å²) in [4.78, 5) is 4.35. The number of aromatic nitrogens is 2. The van der Waals surface area contributed by atoms with Gasteiger partial charge in [0.15, 0.2) is 0 Å². The minimum absolute atomic E-state index is 0.0902. The molecule has 3 nitrogen and oxygen atoms in total. The van der Waals surface area contributed by atoms with E-state index in [0.29, 0.717) is 11.7 Å². The molecule has 1 aromatic carbocycles. The van der Waals surface area contributed by atoms with E-state index in [1.54, 1.807) is 0 Å². The Morgan fingerprint density at radius 1 is 1.29 bits per heavy atom. The van der Waals surface area contributed by atoms with E-state index >= 15 is 0 Å². The van der Waals surface area contributed by atoms with Crippen LogP contribution < -0.4 is 0 Å². The van der Waals surface area contributed by atoms with Crippen molar-refractivity contribution < 1.29 is 4.52 Å². The lowest BCUT2D eigenvalue weighted by atomic mass is 10.2. The fourth-order valence-electron chi connectivity index (χ4n) is 1.10. The fraction of sp³-hybridized carbons (Fsp3) is 0.200. The minimum atomic E-state index is 0.0902. The van der Waals surface area contributed by atoms with Crippen LogP contribution in [0.2, 0.25) is 0 Å². The van der Waals surface area contributed by atoms with Crippen molar-refractivity contribution in [2.24, 2.45) is 0 Å². The van der Waals surface area contributed by atoms with Gasteiger partial charge in [-0.05, 0) is 6.92 Å². The van der Waals surface area contributed by atoms with Crippen molar-refractivity contribution in [1.82, 2.24) is 10.1 Å². The average Bonchev–Trinajstić information content (AvgIpc) is 2.68. The van der Waals surface area contributed by atoms with Gasteiger partial charge in [-0.25, -0.2) is 0 Å². The fourth-order valence-corrected chi connectivity index (χ4v) is 1.29. The number of benzene rings is 1. The van der Waals surface area contributed by atoms with Gasteiger partial charge in [-0.2, -0.15) is 4.98 Å². The van der Waals surface area contributed by atoms with Crippen LogP contribution >= 0.6 is 15.9 Å². The largest absolute Gasteiger partial charge is 0.338 e. The van der Waals surface area contributed by atoms with Crippen LogP contribution in [0.5, 0.6) is 0 Å². The van der Waals surface area contributed by atoms with Gasteiger partial charge < -0.3 is 4.52 Å². The molecule has 0 amide bonds. The van der Waals surface area contributed by atoms with Crippen molar-refractivity contribution in [3.63, 3.8) is 0 Å². The predicted molar refractivity (Wildman–Crippen MR) is 57.1 cm³/mol. The second kappa shape index (κ2) is 3.92. The van der Waals surface area contributed by atoms with Gasteiger partial charge in [0.25, 0.3) is 0 Å². The highest BCUT2D eigenvalue weighted by Crippen LogP contribution is 2.22. The summed E-state index contributed by atoms with van der Waals surface area (Å²) in [5.74, 6) is 1.23. The molecule has 0 spiro atoms. The monoisotopic (exact) mass is 252 g/mol. The second-order valence-corrected chi connectivity index (χ2v) is 4.31. The van der Waals surface area contributed by atoms with E-state index in [9.17, 15) is 0 Å². The summed E-state index contributed by atoms with van der Waals surface area (Å²) >= 11 is 3.37. The van der Waals surface area contributed by atoms with Crippen LogP contribution in [-0.2, 0) is 0 Å². The molecule has 1 heterocycles. The molecule has 72 valence electrons. The highest BCUT2D eigenvalue weighted by atomic mass is 79.9. The molecule has 0 bridgehead atoms. The van der Waals surface area contributed by atoms with Gasteiger partial charge in [-0.1, -0.05) is 51.4 Å². The Balaban J connectivity index is 2.34. The maximum Gasteiger partial charge on any atom is 0.240 e. The first-order valence-electron chi connectivity index (χ1n) is 4.30. The predicted octanol–water partition coefficient (Wildman–Crippen LogP) is 3.19. The lowest BCUT2D eigenvalue weighted by Gasteiger charge is -1.91. The molecule has 14 heavy (non-hydrogen) atoms. The van der Waals surface area contributed by atoms with Crippen LogP contribution in [-0.4, -0.2) is 10.1 Å². The van der Waals surface area contributed by atoms with Crippen molar-refractivity contribution in [2.75, 3.05) is 0 Å². The first-order valence-corrected chi connectivity index (χ1v) is 5.22. The van der Waals surface area contributed by atoms with Gasteiger partial charge in [0.2, 0.25) is 11.7 Å². The highest BCUT2D eigenvalue weighted by Gasteiger charge is 2.11. The Morgan fingerprint density at radius 2 is 2.00 bits per heavy atom. The Bertz CT molecular complexity index is 411. The standard InChI is InChI=1S/C10H9BrN2O/c1-7(11)10-12-9(13-14-10)8-5-3-2-4-6-8/h2-7H,1H3. The van der Waals surface area contributed by atoms with Gasteiger partial charge in [0.05, 0.1) is 4.83 Å². The first-order chi connectivity index (χ1) is 6.77. The van der Waals surface area contributed by atoms with Gasteiger partial charge in [0, 0.05) is 5.56 Å².